The Morgan fingerprint density at radius 2 is 2.06 bits per heavy atom. The van der Waals surface area contributed by atoms with E-state index in [9.17, 15) is 0 Å². The smallest absolute Gasteiger partial charge is 0.170 e. The Bertz CT molecular complexity index is 375. The molecule has 0 aromatic heterocycles. The minimum Gasteiger partial charge on any atom is -0.360 e. The van der Waals surface area contributed by atoms with Crippen LogP contribution in [0.3, 0.4) is 0 Å². The van der Waals surface area contributed by atoms with Crippen molar-refractivity contribution in [3.05, 3.63) is 29.3 Å². The predicted octanol–water partition coefficient (Wildman–Crippen LogP) is 3.57. The molecule has 0 atom stereocenters. The van der Waals surface area contributed by atoms with Crippen LogP contribution in [0.15, 0.2) is 24.3 Å². The molecule has 1 fully saturated rings. The third-order valence-electron chi connectivity index (χ3n) is 2.77. The van der Waals surface area contributed by atoms with Crippen LogP contribution < -0.4 is 10.6 Å². The molecule has 1 aromatic carbocycles. The number of benzene rings is 1. The second kappa shape index (κ2) is 5.51. The molecule has 0 bridgehead atoms. The van der Waals surface area contributed by atoms with Gasteiger partial charge in [0.15, 0.2) is 5.11 Å². The average molecular weight is 255 g/mol. The SMILES string of the molecule is S=C(Nc1cccc(Cl)c1)NC1CCCC1. The summed E-state index contributed by atoms with van der Waals surface area (Å²) in [5, 5.41) is 7.87. The number of hydrogen-bond donors (Lipinski definition) is 2. The Hall–Kier alpha value is -0.800. The molecule has 2 rings (SSSR count). The molecule has 86 valence electrons. The standard InChI is InChI=1S/C12H15ClN2S/c13-9-4-3-7-11(8-9)15-12(16)14-10-5-1-2-6-10/h3-4,7-8,10H,1-2,5-6H2,(H2,14,15,16). The lowest BCUT2D eigenvalue weighted by Crippen LogP contribution is -2.35. The Balaban J connectivity index is 1.86. The molecule has 1 aliphatic carbocycles. The maximum atomic E-state index is 5.89. The topological polar surface area (TPSA) is 24.1 Å². The Labute approximate surface area is 106 Å². The van der Waals surface area contributed by atoms with E-state index >= 15 is 0 Å². The molecule has 0 aliphatic heterocycles. The normalized spacial score (nSPS) is 16.1. The van der Waals surface area contributed by atoms with Crippen LogP contribution in [0.1, 0.15) is 25.7 Å². The van der Waals surface area contributed by atoms with Gasteiger partial charge in [-0.05, 0) is 43.3 Å². The molecule has 2 N–H and O–H groups in total. The zero-order chi connectivity index (χ0) is 11.4. The van der Waals surface area contributed by atoms with Crippen LogP contribution in [0.5, 0.6) is 0 Å². The second-order valence-electron chi connectivity index (χ2n) is 4.09. The van der Waals surface area contributed by atoms with Crippen molar-refractivity contribution in [3.63, 3.8) is 0 Å². The van der Waals surface area contributed by atoms with Crippen molar-refractivity contribution < 1.29 is 0 Å². The molecule has 0 heterocycles. The Morgan fingerprint density at radius 3 is 2.75 bits per heavy atom. The molecule has 16 heavy (non-hydrogen) atoms. The molecule has 0 spiro atoms. The summed E-state index contributed by atoms with van der Waals surface area (Å²) in [5.41, 5.74) is 0.933. The van der Waals surface area contributed by atoms with Crippen molar-refractivity contribution in [2.75, 3.05) is 5.32 Å². The van der Waals surface area contributed by atoms with Crippen molar-refractivity contribution in [1.82, 2.24) is 5.32 Å². The summed E-state index contributed by atoms with van der Waals surface area (Å²) in [6.45, 7) is 0. The highest BCUT2D eigenvalue weighted by Crippen LogP contribution is 2.18. The van der Waals surface area contributed by atoms with Crippen molar-refractivity contribution in [1.29, 1.82) is 0 Å². The summed E-state index contributed by atoms with van der Waals surface area (Å²) in [6, 6.07) is 8.11. The van der Waals surface area contributed by atoms with E-state index in [4.69, 9.17) is 23.8 Å². The zero-order valence-corrected chi connectivity index (χ0v) is 10.6. The number of thiocarbonyl (C=S) groups is 1. The van der Waals surface area contributed by atoms with Gasteiger partial charge in [0.05, 0.1) is 0 Å². The van der Waals surface area contributed by atoms with Gasteiger partial charge in [0.25, 0.3) is 0 Å². The van der Waals surface area contributed by atoms with E-state index in [1.54, 1.807) is 0 Å². The van der Waals surface area contributed by atoms with Gasteiger partial charge < -0.3 is 10.6 Å². The predicted molar refractivity (Wildman–Crippen MR) is 73.1 cm³/mol. The van der Waals surface area contributed by atoms with Gasteiger partial charge in [-0.15, -0.1) is 0 Å². The second-order valence-corrected chi connectivity index (χ2v) is 4.93. The average Bonchev–Trinajstić information content (AvgIpc) is 2.70. The van der Waals surface area contributed by atoms with E-state index in [1.807, 2.05) is 24.3 Å². The van der Waals surface area contributed by atoms with Crippen LogP contribution >= 0.6 is 23.8 Å². The summed E-state index contributed by atoms with van der Waals surface area (Å²) < 4.78 is 0. The number of hydrogen-bond acceptors (Lipinski definition) is 1. The van der Waals surface area contributed by atoms with Crippen molar-refractivity contribution >= 4 is 34.6 Å². The van der Waals surface area contributed by atoms with Crippen LogP contribution in [0, 0.1) is 0 Å². The quantitative estimate of drug-likeness (QED) is 0.789. The highest BCUT2D eigenvalue weighted by Gasteiger charge is 2.15. The molecule has 1 aliphatic rings. The molecule has 1 aromatic rings. The minimum absolute atomic E-state index is 0.541. The molecule has 0 radical (unpaired) electrons. The maximum Gasteiger partial charge on any atom is 0.170 e. The van der Waals surface area contributed by atoms with E-state index in [1.165, 1.54) is 25.7 Å². The number of anilines is 1. The van der Waals surface area contributed by atoms with Crippen LogP contribution in [-0.4, -0.2) is 11.2 Å². The summed E-state index contributed by atoms with van der Waals surface area (Å²) in [6.07, 6.45) is 5.05. The van der Waals surface area contributed by atoms with Gasteiger partial charge in [0, 0.05) is 16.8 Å². The largest absolute Gasteiger partial charge is 0.360 e. The number of halogens is 1. The third-order valence-corrected chi connectivity index (χ3v) is 3.23. The van der Waals surface area contributed by atoms with E-state index in [-0.39, 0.29) is 0 Å². The van der Waals surface area contributed by atoms with E-state index < -0.39 is 0 Å². The van der Waals surface area contributed by atoms with Crippen LogP contribution in [0.25, 0.3) is 0 Å². The molecule has 4 heteroatoms. The monoisotopic (exact) mass is 254 g/mol. The fourth-order valence-electron chi connectivity index (χ4n) is 1.99. The number of rotatable bonds is 2. The lowest BCUT2D eigenvalue weighted by Gasteiger charge is -2.15. The lowest BCUT2D eigenvalue weighted by molar-refractivity contribution is 0.634. The summed E-state index contributed by atoms with van der Waals surface area (Å²) in [7, 11) is 0. The summed E-state index contributed by atoms with van der Waals surface area (Å²) >= 11 is 11.1. The molecule has 0 amide bonds. The van der Waals surface area contributed by atoms with Crippen LogP contribution in [-0.2, 0) is 0 Å². The molecule has 2 nitrogen and oxygen atoms in total. The Morgan fingerprint density at radius 1 is 1.31 bits per heavy atom. The first-order chi connectivity index (χ1) is 7.74. The van der Waals surface area contributed by atoms with Gasteiger partial charge >= 0.3 is 0 Å². The summed E-state index contributed by atoms with van der Waals surface area (Å²) in [4.78, 5) is 0. The van der Waals surface area contributed by atoms with E-state index in [2.05, 4.69) is 10.6 Å². The van der Waals surface area contributed by atoms with Crippen LogP contribution in [0.4, 0.5) is 5.69 Å². The lowest BCUT2D eigenvalue weighted by atomic mass is 10.2. The van der Waals surface area contributed by atoms with Crippen LogP contribution in [0.2, 0.25) is 5.02 Å². The summed E-state index contributed by atoms with van der Waals surface area (Å²) in [5.74, 6) is 0. The highest BCUT2D eigenvalue weighted by molar-refractivity contribution is 7.80. The van der Waals surface area contributed by atoms with Gasteiger partial charge in [-0.1, -0.05) is 30.5 Å². The molecule has 0 saturated heterocycles. The van der Waals surface area contributed by atoms with Gasteiger partial charge in [0.2, 0.25) is 0 Å². The molecule has 0 unspecified atom stereocenters. The van der Waals surface area contributed by atoms with Gasteiger partial charge in [-0.3, -0.25) is 0 Å². The van der Waals surface area contributed by atoms with Crippen molar-refractivity contribution in [2.24, 2.45) is 0 Å². The van der Waals surface area contributed by atoms with Crippen molar-refractivity contribution in [2.45, 2.75) is 31.7 Å². The molecular weight excluding hydrogens is 240 g/mol. The van der Waals surface area contributed by atoms with Gasteiger partial charge in [-0.2, -0.15) is 0 Å². The first-order valence-corrected chi connectivity index (χ1v) is 6.36. The third kappa shape index (κ3) is 3.35. The van der Waals surface area contributed by atoms with E-state index in [0.717, 1.165) is 5.69 Å². The minimum atomic E-state index is 0.541. The fraction of sp³-hybridized carbons (Fsp3) is 0.417. The van der Waals surface area contributed by atoms with Crippen molar-refractivity contribution in [3.8, 4) is 0 Å². The Kier molecular flexibility index (Phi) is 4.02. The van der Waals surface area contributed by atoms with E-state index in [0.29, 0.717) is 16.2 Å². The molecular formula is C12H15ClN2S. The zero-order valence-electron chi connectivity index (χ0n) is 9.00. The maximum absolute atomic E-state index is 5.89. The van der Waals surface area contributed by atoms with Gasteiger partial charge in [-0.25, -0.2) is 0 Å². The number of nitrogens with one attached hydrogen (secondary N) is 2. The van der Waals surface area contributed by atoms with Gasteiger partial charge in [0.1, 0.15) is 0 Å². The first kappa shape index (κ1) is 11.7. The highest BCUT2D eigenvalue weighted by atomic mass is 35.5. The first-order valence-electron chi connectivity index (χ1n) is 5.57. The molecule has 1 saturated carbocycles. The fourth-order valence-corrected chi connectivity index (χ4v) is 2.46.